The van der Waals surface area contributed by atoms with Crippen LogP contribution in [0.15, 0.2) is 11.6 Å². The molecule has 0 unspecified atom stereocenters. The summed E-state index contributed by atoms with van der Waals surface area (Å²) >= 11 is 0. The van der Waals surface area contributed by atoms with Crippen molar-refractivity contribution in [2.45, 2.75) is 71.8 Å². The standard InChI is InChI=1S/C20H30O4/c1-4-23-19(22)10-14-5-6-15-12-20(3)17(11-16(15)9-14)7-8-18(20)24-13(2)21/h10,15-18H,4-9,11-12H2,1-3H3/b14-10+/t15-,16+,17+,18+,20+/m1/s1. The van der Waals surface area contributed by atoms with Crippen LogP contribution in [0.3, 0.4) is 0 Å². The van der Waals surface area contributed by atoms with Crippen LogP contribution in [0.5, 0.6) is 0 Å². The Morgan fingerprint density at radius 3 is 2.75 bits per heavy atom. The Morgan fingerprint density at radius 1 is 1.25 bits per heavy atom. The van der Waals surface area contributed by atoms with Crippen molar-refractivity contribution >= 4 is 11.9 Å². The number of rotatable bonds is 3. The number of carbonyl (C=O) groups is 2. The summed E-state index contributed by atoms with van der Waals surface area (Å²) in [6.07, 6.45) is 9.53. The summed E-state index contributed by atoms with van der Waals surface area (Å²) < 4.78 is 10.7. The van der Waals surface area contributed by atoms with Gasteiger partial charge in [-0.1, -0.05) is 12.5 Å². The van der Waals surface area contributed by atoms with Crippen molar-refractivity contribution in [3.8, 4) is 0 Å². The van der Waals surface area contributed by atoms with Crippen LogP contribution in [0.1, 0.15) is 65.7 Å². The largest absolute Gasteiger partial charge is 0.463 e. The fourth-order valence-corrected chi connectivity index (χ4v) is 5.52. The summed E-state index contributed by atoms with van der Waals surface area (Å²) in [5.41, 5.74) is 1.41. The van der Waals surface area contributed by atoms with Crippen LogP contribution in [-0.4, -0.2) is 24.6 Å². The molecule has 0 N–H and O–H groups in total. The molecule has 0 amide bonds. The SMILES string of the molecule is CCOC(=O)/C=C1\CC[C@@H]2C[C@@]3(C)[C@@H](CC[C@@H]3OC(C)=O)C[C@@H]2C1. The number of esters is 2. The summed E-state index contributed by atoms with van der Waals surface area (Å²) in [7, 11) is 0. The van der Waals surface area contributed by atoms with Gasteiger partial charge in [0, 0.05) is 18.4 Å². The van der Waals surface area contributed by atoms with Gasteiger partial charge >= 0.3 is 11.9 Å². The topological polar surface area (TPSA) is 52.6 Å². The number of carbonyl (C=O) groups excluding carboxylic acids is 2. The maximum Gasteiger partial charge on any atom is 0.330 e. The highest BCUT2D eigenvalue weighted by molar-refractivity contribution is 5.82. The molecule has 0 radical (unpaired) electrons. The van der Waals surface area contributed by atoms with Crippen molar-refractivity contribution in [1.82, 2.24) is 0 Å². The average Bonchev–Trinajstić information content (AvgIpc) is 2.81. The molecule has 3 aliphatic carbocycles. The number of allylic oxidation sites excluding steroid dienone is 1. The second-order valence-electron chi connectivity index (χ2n) is 8.14. The van der Waals surface area contributed by atoms with Gasteiger partial charge in [0.25, 0.3) is 0 Å². The lowest BCUT2D eigenvalue weighted by atomic mass is 9.57. The molecule has 3 fully saturated rings. The molecule has 24 heavy (non-hydrogen) atoms. The molecule has 0 bridgehead atoms. The van der Waals surface area contributed by atoms with E-state index in [0.717, 1.165) is 38.5 Å². The molecule has 0 aliphatic heterocycles. The van der Waals surface area contributed by atoms with Crippen LogP contribution in [-0.2, 0) is 19.1 Å². The van der Waals surface area contributed by atoms with Gasteiger partial charge < -0.3 is 9.47 Å². The van der Waals surface area contributed by atoms with Gasteiger partial charge in [-0.05, 0) is 69.6 Å². The maximum atomic E-state index is 11.7. The zero-order valence-corrected chi connectivity index (χ0v) is 15.2. The lowest BCUT2D eigenvalue weighted by molar-refractivity contribution is -0.155. The first-order valence-corrected chi connectivity index (χ1v) is 9.45. The molecular weight excluding hydrogens is 304 g/mol. The first kappa shape index (κ1) is 17.5. The third kappa shape index (κ3) is 3.38. The highest BCUT2D eigenvalue weighted by Gasteiger charge is 2.54. The average molecular weight is 334 g/mol. The Morgan fingerprint density at radius 2 is 2.04 bits per heavy atom. The van der Waals surface area contributed by atoms with E-state index in [2.05, 4.69) is 6.92 Å². The zero-order valence-electron chi connectivity index (χ0n) is 15.2. The van der Waals surface area contributed by atoms with E-state index in [1.807, 2.05) is 6.92 Å². The highest BCUT2D eigenvalue weighted by atomic mass is 16.5. The van der Waals surface area contributed by atoms with E-state index in [1.54, 1.807) is 6.08 Å². The predicted molar refractivity (Wildman–Crippen MR) is 91.2 cm³/mol. The summed E-state index contributed by atoms with van der Waals surface area (Å²) in [5.74, 6) is 1.68. The van der Waals surface area contributed by atoms with Gasteiger partial charge in [-0.2, -0.15) is 0 Å². The molecule has 134 valence electrons. The van der Waals surface area contributed by atoms with E-state index in [-0.39, 0.29) is 23.5 Å². The fourth-order valence-electron chi connectivity index (χ4n) is 5.52. The van der Waals surface area contributed by atoms with Gasteiger partial charge in [-0.15, -0.1) is 0 Å². The molecule has 5 atom stereocenters. The third-order valence-corrected chi connectivity index (χ3v) is 6.68. The van der Waals surface area contributed by atoms with Crippen molar-refractivity contribution in [3.05, 3.63) is 11.6 Å². The molecule has 3 aliphatic rings. The summed E-state index contributed by atoms with van der Waals surface area (Å²) in [6.45, 7) is 6.13. The Labute approximate surface area is 145 Å². The monoisotopic (exact) mass is 334 g/mol. The molecule has 0 aromatic rings. The predicted octanol–water partition coefficient (Wildman–Crippen LogP) is 4.03. The molecular formula is C20H30O4. The number of hydrogen-bond acceptors (Lipinski definition) is 4. The van der Waals surface area contributed by atoms with Crippen molar-refractivity contribution in [3.63, 3.8) is 0 Å². The molecule has 3 saturated carbocycles. The Balaban J connectivity index is 1.67. The van der Waals surface area contributed by atoms with E-state index in [1.165, 1.54) is 18.9 Å². The van der Waals surface area contributed by atoms with E-state index in [9.17, 15) is 9.59 Å². The quantitative estimate of drug-likeness (QED) is 0.577. The molecule has 3 rings (SSSR count). The van der Waals surface area contributed by atoms with Crippen LogP contribution in [0.2, 0.25) is 0 Å². The lowest BCUT2D eigenvalue weighted by Crippen LogP contribution is -2.44. The Hall–Kier alpha value is -1.32. The molecule has 0 heterocycles. The van der Waals surface area contributed by atoms with Crippen LogP contribution in [0, 0.1) is 23.2 Å². The molecule has 4 nitrogen and oxygen atoms in total. The molecule has 0 aromatic heterocycles. The smallest absolute Gasteiger partial charge is 0.330 e. The number of fused-ring (bicyclic) bond motifs is 2. The summed E-state index contributed by atoms with van der Waals surface area (Å²) in [6, 6.07) is 0. The third-order valence-electron chi connectivity index (χ3n) is 6.68. The van der Waals surface area contributed by atoms with Crippen molar-refractivity contribution < 1.29 is 19.1 Å². The fraction of sp³-hybridized carbons (Fsp3) is 0.800. The minimum atomic E-state index is -0.192. The highest BCUT2D eigenvalue weighted by Crippen LogP contribution is 2.59. The van der Waals surface area contributed by atoms with Gasteiger partial charge in [0.15, 0.2) is 0 Å². The molecule has 0 saturated heterocycles. The van der Waals surface area contributed by atoms with Crippen LogP contribution < -0.4 is 0 Å². The zero-order chi connectivity index (χ0) is 17.3. The number of ether oxygens (including phenoxy) is 2. The summed E-state index contributed by atoms with van der Waals surface area (Å²) in [5, 5.41) is 0. The van der Waals surface area contributed by atoms with Gasteiger partial charge in [0.1, 0.15) is 6.10 Å². The van der Waals surface area contributed by atoms with Crippen molar-refractivity contribution in [1.29, 1.82) is 0 Å². The second kappa shape index (κ2) is 6.89. The van der Waals surface area contributed by atoms with Crippen LogP contribution in [0.4, 0.5) is 0 Å². The minimum Gasteiger partial charge on any atom is -0.463 e. The maximum absolute atomic E-state index is 11.7. The van der Waals surface area contributed by atoms with E-state index < -0.39 is 0 Å². The van der Waals surface area contributed by atoms with Gasteiger partial charge in [0.2, 0.25) is 0 Å². The van der Waals surface area contributed by atoms with E-state index in [0.29, 0.717) is 24.4 Å². The molecule has 0 aromatic carbocycles. The normalized spacial score (nSPS) is 39.9. The lowest BCUT2D eigenvalue weighted by Gasteiger charge is -2.49. The molecule has 0 spiro atoms. The van der Waals surface area contributed by atoms with Gasteiger partial charge in [-0.25, -0.2) is 4.79 Å². The Bertz CT molecular complexity index is 538. The van der Waals surface area contributed by atoms with E-state index >= 15 is 0 Å². The number of hydrogen-bond donors (Lipinski definition) is 0. The van der Waals surface area contributed by atoms with Crippen LogP contribution in [0.25, 0.3) is 0 Å². The van der Waals surface area contributed by atoms with Crippen molar-refractivity contribution in [2.24, 2.45) is 23.2 Å². The molecule has 4 heteroatoms. The minimum absolute atomic E-state index is 0.0948. The van der Waals surface area contributed by atoms with Gasteiger partial charge in [0.05, 0.1) is 6.61 Å². The van der Waals surface area contributed by atoms with Crippen molar-refractivity contribution in [2.75, 3.05) is 6.61 Å². The van der Waals surface area contributed by atoms with Crippen LogP contribution >= 0.6 is 0 Å². The second-order valence-corrected chi connectivity index (χ2v) is 8.14. The first-order valence-electron chi connectivity index (χ1n) is 9.45. The van der Waals surface area contributed by atoms with Gasteiger partial charge in [-0.3, -0.25) is 4.79 Å². The summed E-state index contributed by atoms with van der Waals surface area (Å²) in [4.78, 5) is 23.1. The first-order chi connectivity index (χ1) is 11.4. The Kier molecular flexibility index (Phi) is 5.03. The van der Waals surface area contributed by atoms with E-state index in [4.69, 9.17) is 9.47 Å².